The molecule has 1 aromatic heterocycles. The smallest absolute Gasteiger partial charge is 0.220 e. The molecule has 1 heterocycles. The van der Waals surface area contributed by atoms with Crippen LogP contribution in [0.15, 0.2) is 18.9 Å². The van der Waals surface area contributed by atoms with Crippen molar-refractivity contribution in [3.63, 3.8) is 0 Å². The summed E-state index contributed by atoms with van der Waals surface area (Å²) < 4.78 is 23.8. The lowest BCUT2D eigenvalue weighted by Crippen LogP contribution is -2.28. The van der Waals surface area contributed by atoms with Crippen LogP contribution in [0, 0.1) is 0 Å². The van der Waals surface area contributed by atoms with Crippen LogP contribution in [0.1, 0.15) is 44.2 Å². The highest BCUT2D eigenvalue weighted by Gasteiger charge is 2.56. The van der Waals surface area contributed by atoms with Crippen LogP contribution >= 0.6 is 0 Å². The topological polar surface area (TPSA) is 90.9 Å². The van der Waals surface area contributed by atoms with E-state index in [1.807, 2.05) is 6.08 Å². The molecule has 6 nitrogen and oxygen atoms in total. The highest BCUT2D eigenvalue weighted by molar-refractivity contribution is 7.90. The maximum Gasteiger partial charge on any atom is 0.220 e. The van der Waals surface area contributed by atoms with Crippen molar-refractivity contribution in [1.82, 2.24) is 15.0 Å². The fourth-order valence-electron chi connectivity index (χ4n) is 2.16. The third-order valence-electron chi connectivity index (χ3n) is 3.55. The average Bonchev–Trinajstić information content (AvgIpc) is 3.04. The Morgan fingerprint density at radius 3 is 2.74 bits per heavy atom. The first-order valence-corrected chi connectivity index (χ1v) is 8.08. The van der Waals surface area contributed by atoms with E-state index in [9.17, 15) is 8.42 Å². The van der Waals surface area contributed by atoms with Gasteiger partial charge in [0.15, 0.2) is 0 Å². The first kappa shape index (κ1) is 14.2. The lowest BCUT2D eigenvalue weighted by molar-refractivity contribution is 0.531. The van der Waals surface area contributed by atoms with Gasteiger partial charge in [-0.3, -0.25) is 4.68 Å². The highest BCUT2D eigenvalue weighted by Crippen LogP contribution is 2.50. The SMILES string of the molecule is C=CCCCCCn1cc(C2(S(N)(=O)=O)CC2)nn1. The summed E-state index contributed by atoms with van der Waals surface area (Å²) in [6.45, 7) is 4.44. The van der Waals surface area contributed by atoms with Crippen LogP contribution in [0.2, 0.25) is 0 Å². The fourth-order valence-corrected chi connectivity index (χ4v) is 3.21. The number of primary sulfonamides is 1. The third-order valence-corrected chi connectivity index (χ3v) is 5.26. The average molecular weight is 284 g/mol. The Labute approximate surface area is 113 Å². The van der Waals surface area contributed by atoms with E-state index in [0.29, 0.717) is 18.5 Å². The molecule has 0 saturated heterocycles. The van der Waals surface area contributed by atoms with Crippen LogP contribution in [0.25, 0.3) is 0 Å². The van der Waals surface area contributed by atoms with Crippen molar-refractivity contribution >= 4 is 10.0 Å². The largest absolute Gasteiger partial charge is 0.252 e. The molecule has 0 atom stereocenters. The van der Waals surface area contributed by atoms with Crippen molar-refractivity contribution in [2.45, 2.75) is 49.8 Å². The molecule has 1 fully saturated rings. The Kier molecular flexibility index (Phi) is 4.05. The number of allylic oxidation sites excluding steroid dienone is 1. The molecule has 19 heavy (non-hydrogen) atoms. The second-order valence-corrected chi connectivity index (χ2v) is 6.92. The molecule has 7 heteroatoms. The van der Waals surface area contributed by atoms with E-state index in [-0.39, 0.29) is 0 Å². The van der Waals surface area contributed by atoms with Crippen LogP contribution in [-0.2, 0) is 21.3 Å². The van der Waals surface area contributed by atoms with Crippen molar-refractivity contribution in [2.24, 2.45) is 5.14 Å². The van der Waals surface area contributed by atoms with E-state index in [2.05, 4.69) is 16.9 Å². The summed E-state index contributed by atoms with van der Waals surface area (Å²) in [6.07, 6.45) is 8.96. The minimum absolute atomic E-state index is 0.487. The number of unbranched alkanes of at least 4 members (excludes halogenated alkanes) is 3. The van der Waals surface area contributed by atoms with Gasteiger partial charge in [-0.05, 0) is 32.1 Å². The van der Waals surface area contributed by atoms with Crippen molar-refractivity contribution in [3.8, 4) is 0 Å². The number of aromatic nitrogens is 3. The molecule has 1 aliphatic rings. The summed E-state index contributed by atoms with van der Waals surface area (Å²) in [6, 6.07) is 0. The molecule has 0 bridgehead atoms. The lowest BCUT2D eigenvalue weighted by Gasteiger charge is -2.07. The predicted octanol–water partition coefficient (Wildman–Crippen LogP) is 1.30. The quantitative estimate of drug-likeness (QED) is 0.575. The van der Waals surface area contributed by atoms with Gasteiger partial charge in [0.1, 0.15) is 10.4 Å². The van der Waals surface area contributed by atoms with Gasteiger partial charge < -0.3 is 0 Å². The van der Waals surface area contributed by atoms with Gasteiger partial charge in [0, 0.05) is 6.54 Å². The summed E-state index contributed by atoms with van der Waals surface area (Å²) in [5.74, 6) is 0. The predicted molar refractivity (Wildman–Crippen MR) is 72.7 cm³/mol. The summed E-state index contributed by atoms with van der Waals surface area (Å²) >= 11 is 0. The molecule has 2 N–H and O–H groups in total. The molecule has 0 unspecified atom stereocenters. The molecule has 106 valence electrons. The molecule has 0 spiro atoms. The molecule has 0 amide bonds. The van der Waals surface area contributed by atoms with Crippen LogP contribution in [0.4, 0.5) is 0 Å². The zero-order valence-corrected chi connectivity index (χ0v) is 11.8. The van der Waals surface area contributed by atoms with Gasteiger partial charge in [-0.1, -0.05) is 17.7 Å². The van der Waals surface area contributed by atoms with E-state index in [0.717, 1.165) is 32.2 Å². The number of nitrogens with zero attached hydrogens (tertiary/aromatic N) is 3. The van der Waals surface area contributed by atoms with Crippen LogP contribution in [0.3, 0.4) is 0 Å². The Bertz CT molecular complexity index is 546. The van der Waals surface area contributed by atoms with Crippen molar-refractivity contribution in [3.05, 3.63) is 24.5 Å². The van der Waals surface area contributed by atoms with Crippen molar-refractivity contribution in [2.75, 3.05) is 0 Å². The van der Waals surface area contributed by atoms with Gasteiger partial charge in [0.25, 0.3) is 0 Å². The van der Waals surface area contributed by atoms with E-state index in [1.54, 1.807) is 10.9 Å². The maximum absolute atomic E-state index is 11.5. The van der Waals surface area contributed by atoms with E-state index in [1.165, 1.54) is 0 Å². The van der Waals surface area contributed by atoms with Crippen LogP contribution in [-0.4, -0.2) is 23.4 Å². The highest BCUT2D eigenvalue weighted by atomic mass is 32.2. The monoisotopic (exact) mass is 284 g/mol. The van der Waals surface area contributed by atoms with Crippen molar-refractivity contribution < 1.29 is 8.42 Å². The minimum Gasteiger partial charge on any atom is -0.252 e. The van der Waals surface area contributed by atoms with Gasteiger partial charge in [-0.2, -0.15) is 0 Å². The van der Waals surface area contributed by atoms with Crippen LogP contribution < -0.4 is 5.14 Å². The summed E-state index contributed by atoms with van der Waals surface area (Å²) in [4.78, 5) is 0. The molecular formula is C12H20N4O2S. The van der Waals surface area contributed by atoms with Gasteiger partial charge in [-0.15, -0.1) is 11.7 Å². The first-order chi connectivity index (χ1) is 8.99. The maximum atomic E-state index is 11.5. The molecule has 1 saturated carbocycles. The molecule has 1 aliphatic carbocycles. The Morgan fingerprint density at radius 2 is 2.16 bits per heavy atom. The molecule has 0 radical (unpaired) electrons. The zero-order valence-electron chi connectivity index (χ0n) is 11.0. The van der Waals surface area contributed by atoms with Gasteiger partial charge in [-0.25, -0.2) is 13.6 Å². The third kappa shape index (κ3) is 3.03. The first-order valence-electron chi connectivity index (χ1n) is 6.53. The van der Waals surface area contributed by atoms with Gasteiger partial charge in [0.2, 0.25) is 10.0 Å². The molecule has 2 rings (SSSR count). The fraction of sp³-hybridized carbons (Fsp3) is 0.667. The normalized spacial score (nSPS) is 17.3. The lowest BCUT2D eigenvalue weighted by atomic mass is 10.2. The molecule has 1 aromatic rings. The standard InChI is InChI=1S/C12H20N4O2S/c1-2-3-4-5-6-9-16-10-11(14-15-16)12(7-8-12)19(13,17)18/h2,10H,1,3-9H2,(H2,13,17,18). The Balaban J connectivity index is 1.91. The molecular weight excluding hydrogens is 264 g/mol. The summed E-state index contributed by atoms with van der Waals surface area (Å²) in [7, 11) is -3.59. The van der Waals surface area contributed by atoms with E-state index >= 15 is 0 Å². The number of hydrogen-bond donors (Lipinski definition) is 1. The number of rotatable bonds is 8. The summed E-state index contributed by atoms with van der Waals surface area (Å²) in [5.41, 5.74) is 0.487. The number of sulfonamides is 1. The second-order valence-electron chi connectivity index (χ2n) is 5.04. The number of nitrogens with two attached hydrogens (primary N) is 1. The van der Waals surface area contributed by atoms with Gasteiger partial charge >= 0.3 is 0 Å². The van der Waals surface area contributed by atoms with E-state index in [4.69, 9.17) is 5.14 Å². The van der Waals surface area contributed by atoms with E-state index < -0.39 is 14.8 Å². The Hall–Kier alpha value is -1.21. The van der Waals surface area contributed by atoms with Crippen molar-refractivity contribution in [1.29, 1.82) is 0 Å². The number of hydrogen-bond acceptors (Lipinski definition) is 4. The molecule has 0 aromatic carbocycles. The number of aryl methyl sites for hydroxylation is 1. The van der Waals surface area contributed by atoms with Crippen LogP contribution in [0.5, 0.6) is 0 Å². The Morgan fingerprint density at radius 1 is 1.42 bits per heavy atom. The zero-order chi connectivity index (χ0) is 13.9. The second kappa shape index (κ2) is 5.42. The summed E-state index contributed by atoms with van der Waals surface area (Å²) in [5, 5.41) is 13.2. The minimum atomic E-state index is -3.59. The van der Waals surface area contributed by atoms with Gasteiger partial charge in [0.05, 0.1) is 6.20 Å². The molecule has 0 aliphatic heterocycles.